The van der Waals surface area contributed by atoms with Crippen molar-refractivity contribution in [3.05, 3.63) is 23.8 Å². The molecule has 0 saturated carbocycles. The van der Waals surface area contributed by atoms with E-state index in [9.17, 15) is 9.59 Å². The van der Waals surface area contributed by atoms with E-state index in [1.165, 1.54) is 14.0 Å². The molecule has 1 aromatic carbocycles. The van der Waals surface area contributed by atoms with Crippen LogP contribution in [-0.2, 0) is 4.79 Å². The molecule has 1 aliphatic heterocycles. The van der Waals surface area contributed by atoms with Crippen LogP contribution in [0, 0.1) is 0 Å². The van der Waals surface area contributed by atoms with E-state index in [1.807, 2.05) is 0 Å². The number of ether oxygens (including phenoxy) is 1. The highest BCUT2D eigenvalue weighted by molar-refractivity contribution is 9.09. The number of hydrogen-bond donors (Lipinski definition) is 0. The number of hydrogen-bond acceptors (Lipinski definition) is 3. The van der Waals surface area contributed by atoms with Crippen molar-refractivity contribution in [3.63, 3.8) is 0 Å². The summed E-state index contributed by atoms with van der Waals surface area (Å²) in [4.78, 5) is 25.1. The van der Waals surface area contributed by atoms with Gasteiger partial charge in [-0.3, -0.25) is 9.59 Å². The second kappa shape index (κ2) is 5.10. The fourth-order valence-electron chi connectivity index (χ4n) is 2.05. The van der Waals surface area contributed by atoms with E-state index < -0.39 is 0 Å². The van der Waals surface area contributed by atoms with Gasteiger partial charge in [0, 0.05) is 29.5 Å². The quantitative estimate of drug-likeness (QED) is 0.636. The van der Waals surface area contributed by atoms with Gasteiger partial charge in [-0.2, -0.15) is 0 Å². The number of alkyl halides is 1. The first-order valence-corrected chi connectivity index (χ1v) is 6.58. The average molecular weight is 312 g/mol. The molecular weight excluding hydrogens is 298 g/mol. The van der Waals surface area contributed by atoms with Gasteiger partial charge < -0.3 is 9.64 Å². The van der Waals surface area contributed by atoms with Crippen molar-refractivity contribution in [2.75, 3.05) is 18.6 Å². The maximum absolute atomic E-state index is 11.8. The number of rotatable bonds is 3. The third-order valence-electron chi connectivity index (χ3n) is 2.95. The maximum Gasteiger partial charge on any atom is 0.228 e. The molecule has 0 spiro atoms. The number of ketones is 1. The van der Waals surface area contributed by atoms with E-state index in [0.29, 0.717) is 24.3 Å². The lowest BCUT2D eigenvalue weighted by molar-refractivity contribution is -0.117. The predicted octanol–water partition coefficient (Wildman–Crippen LogP) is 2.40. The van der Waals surface area contributed by atoms with Gasteiger partial charge in [0.15, 0.2) is 5.78 Å². The van der Waals surface area contributed by atoms with E-state index in [-0.39, 0.29) is 16.5 Å². The first kappa shape index (κ1) is 13.1. The Morgan fingerprint density at radius 3 is 2.72 bits per heavy atom. The second-order valence-corrected chi connectivity index (χ2v) is 5.54. The fourth-order valence-corrected chi connectivity index (χ4v) is 2.62. The first-order chi connectivity index (χ1) is 8.52. The Kier molecular flexibility index (Phi) is 3.71. The summed E-state index contributed by atoms with van der Waals surface area (Å²) in [5.41, 5.74) is 1.30. The van der Waals surface area contributed by atoms with Gasteiger partial charge in [-0.05, 0) is 19.1 Å². The van der Waals surface area contributed by atoms with Crippen LogP contribution in [0.4, 0.5) is 5.69 Å². The zero-order valence-corrected chi connectivity index (χ0v) is 11.9. The summed E-state index contributed by atoms with van der Waals surface area (Å²) in [7, 11) is 1.52. The molecule has 1 unspecified atom stereocenters. The Morgan fingerprint density at radius 2 is 2.22 bits per heavy atom. The van der Waals surface area contributed by atoms with E-state index in [0.717, 1.165) is 5.69 Å². The van der Waals surface area contributed by atoms with Gasteiger partial charge in [-0.1, -0.05) is 15.9 Å². The Morgan fingerprint density at radius 1 is 1.50 bits per heavy atom. The number of halogens is 1. The van der Waals surface area contributed by atoms with Crippen molar-refractivity contribution in [2.24, 2.45) is 0 Å². The standard InChI is InChI=1S/C13H14BrNO3/c1-8(16)11-4-3-10(6-12(11)18-2)15-7-9(14)5-13(15)17/h3-4,6,9H,5,7H2,1-2H3. The van der Waals surface area contributed by atoms with Gasteiger partial charge >= 0.3 is 0 Å². The van der Waals surface area contributed by atoms with E-state index in [4.69, 9.17) is 4.74 Å². The molecule has 0 radical (unpaired) electrons. The highest BCUT2D eigenvalue weighted by atomic mass is 79.9. The van der Waals surface area contributed by atoms with Crippen molar-refractivity contribution in [1.29, 1.82) is 0 Å². The zero-order valence-electron chi connectivity index (χ0n) is 10.3. The molecule has 0 bridgehead atoms. The van der Waals surface area contributed by atoms with Gasteiger partial charge in [-0.15, -0.1) is 0 Å². The Labute approximate surface area is 114 Å². The van der Waals surface area contributed by atoms with Crippen molar-refractivity contribution in [2.45, 2.75) is 18.2 Å². The summed E-state index contributed by atoms with van der Waals surface area (Å²) in [6.45, 7) is 2.13. The minimum absolute atomic E-state index is 0.0514. The smallest absolute Gasteiger partial charge is 0.228 e. The molecule has 1 amide bonds. The van der Waals surface area contributed by atoms with Crippen LogP contribution in [0.3, 0.4) is 0 Å². The van der Waals surface area contributed by atoms with E-state index >= 15 is 0 Å². The number of benzene rings is 1. The van der Waals surface area contributed by atoms with Crippen LogP contribution in [-0.4, -0.2) is 30.2 Å². The van der Waals surface area contributed by atoms with Crippen molar-refractivity contribution >= 4 is 33.3 Å². The third-order valence-corrected chi connectivity index (χ3v) is 3.57. The van der Waals surface area contributed by atoms with Crippen LogP contribution in [0.15, 0.2) is 18.2 Å². The molecule has 1 fully saturated rings. The summed E-state index contributed by atoms with van der Waals surface area (Å²) in [5, 5.41) is 0. The number of Topliss-reactive ketones (excluding diaryl/α,β-unsaturated/α-hetero) is 1. The molecule has 18 heavy (non-hydrogen) atoms. The van der Waals surface area contributed by atoms with Crippen LogP contribution in [0.5, 0.6) is 5.75 Å². The summed E-state index contributed by atoms with van der Waals surface area (Å²) in [6.07, 6.45) is 0.497. The number of anilines is 1. The SMILES string of the molecule is COc1cc(N2CC(Br)CC2=O)ccc1C(C)=O. The molecule has 1 aromatic rings. The van der Waals surface area contributed by atoms with Gasteiger partial charge in [0.2, 0.25) is 5.91 Å². The van der Waals surface area contributed by atoms with Gasteiger partial charge in [0.25, 0.3) is 0 Å². The third kappa shape index (κ3) is 2.41. The fraction of sp³-hybridized carbons (Fsp3) is 0.385. The molecular formula is C13H14BrNO3. The summed E-state index contributed by atoms with van der Waals surface area (Å²) < 4.78 is 5.20. The summed E-state index contributed by atoms with van der Waals surface area (Å²) in [5.74, 6) is 0.532. The molecule has 0 N–H and O–H groups in total. The molecule has 96 valence electrons. The highest BCUT2D eigenvalue weighted by Crippen LogP contribution is 2.30. The lowest BCUT2D eigenvalue weighted by atomic mass is 10.1. The van der Waals surface area contributed by atoms with Crippen LogP contribution in [0.1, 0.15) is 23.7 Å². The van der Waals surface area contributed by atoms with Crippen LogP contribution in [0.25, 0.3) is 0 Å². The number of nitrogens with zero attached hydrogens (tertiary/aromatic N) is 1. The van der Waals surface area contributed by atoms with Crippen molar-refractivity contribution < 1.29 is 14.3 Å². The average Bonchev–Trinajstić information content (AvgIpc) is 2.67. The van der Waals surface area contributed by atoms with E-state index in [2.05, 4.69) is 15.9 Å². The molecule has 2 rings (SSSR count). The molecule has 4 nitrogen and oxygen atoms in total. The predicted molar refractivity (Wildman–Crippen MR) is 72.7 cm³/mol. The topological polar surface area (TPSA) is 46.6 Å². The normalized spacial score (nSPS) is 19.2. The molecule has 1 saturated heterocycles. The minimum atomic E-state index is -0.0514. The second-order valence-electron chi connectivity index (χ2n) is 4.25. The Balaban J connectivity index is 2.36. The largest absolute Gasteiger partial charge is 0.496 e. The lowest BCUT2D eigenvalue weighted by Crippen LogP contribution is -2.24. The van der Waals surface area contributed by atoms with Crippen molar-refractivity contribution in [1.82, 2.24) is 0 Å². The van der Waals surface area contributed by atoms with Crippen LogP contribution >= 0.6 is 15.9 Å². The number of methoxy groups -OCH3 is 1. The molecule has 1 atom stereocenters. The molecule has 0 aliphatic carbocycles. The van der Waals surface area contributed by atoms with Crippen molar-refractivity contribution in [3.8, 4) is 5.75 Å². The first-order valence-electron chi connectivity index (χ1n) is 5.66. The zero-order chi connectivity index (χ0) is 13.3. The van der Waals surface area contributed by atoms with Crippen LogP contribution < -0.4 is 9.64 Å². The maximum atomic E-state index is 11.8. The molecule has 1 aliphatic rings. The van der Waals surface area contributed by atoms with Gasteiger partial charge in [0.05, 0.1) is 12.7 Å². The van der Waals surface area contributed by atoms with Crippen LogP contribution in [0.2, 0.25) is 0 Å². The number of carbonyl (C=O) groups excluding carboxylic acids is 2. The van der Waals surface area contributed by atoms with E-state index in [1.54, 1.807) is 23.1 Å². The minimum Gasteiger partial charge on any atom is -0.496 e. The summed E-state index contributed by atoms with van der Waals surface area (Å²) in [6, 6.07) is 5.22. The summed E-state index contributed by atoms with van der Waals surface area (Å²) >= 11 is 3.44. The molecule has 0 aromatic heterocycles. The van der Waals surface area contributed by atoms with Gasteiger partial charge in [0.1, 0.15) is 5.75 Å². The van der Waals surface area contributed by atoms with Gasteiger partial charge in [-0.25, -0.2) is 0 Å². The Hall–Kier alpha value is -1.36. The molecule has 5 heteroatoms. The highest BCUT2D eigenvalue weighted by Gasteiger charge is 2.29. The molecule has 1 heterocycles. The number of amides is 1. The Bertz CT molecular complexity index is 501. The lowest BCUT2D eigenvalue weighted by Gasteiger charge is -2.17. The monoisotopic (exact) mass is 311 g/mol. The number of carbonyl (C=O) groups is 2.